The molecule has 0 aliphatic carbocycles. The zero-order valence-electron chi connectivity index (χ0n) is 11.0. The average Bonchev–Trinajstić information content (AvgIpc) is 2.61. The summed E-state index contributed by atoms with van der Waals surface area (Å²) in [4.78, 5) is 12.8. The predicted octanol–water partition coefficient (Wildman–Crippen LogP) is 3.30. The Labute approximate surface area is 120 Å². The highest BCUT2D eigenvalue weighted by atomic mass is 79.9. The molecule has 1 atom stereocenters. The number of amides is 1. The van der Waals surface area contributed by atoms with E-state index in [0.717, 1.165) is 9.35 Å². The van der Waals surface area contributed by atoms with Crippen molar-refractivity contribution in [3.05, 3.63) is 20.8 Å². The highest BCUT2D eigenvalue weighted by molar-refractivity contribution is 9.10. The number of nitrogens with one attached hydrogen (secondary N) is 2. The zero-order valence-corrected chi connectivity index (χ0v) is 13.4. The van der Waals surface area contributed by atoms with Gasteiger partial charge in [0.1, 0.15) is 5.60 Å². The van der Waals surface area contributed by atoms with Gasteiger partial charge in [0.25, 0.3) is 0 Å². The summed E-state index contributed by atoms with van der Waals surface area (Å²) >= 11 is 5.01. The van der Waals surface area contributed by atoms with E-state index in [0.29, 0.717) is 6.54 Å². The van der Waals surface area contributed by atoms with Crippen molar-refractivity contribution in [2.75, 3.05) is 13.6 Å². The lowest BCUT2D eigenvalue weighted by molar-refractivity contribution is 0.0504. The molecule has 0 saturated heterocycles. The Kier molecular flexibility index (Phi) is 5.62. The minimum atomic E-state index is -0.482. The molecule has 0 spiro atoms. The number of alkyl carbamates (subject to hydrolysis) is 1. The van der Waals surface area contributed by atoms with Gasteiger partial charge in [-0.05, 0) is 49.8 Å². The Bertz CT molecular complexity index is 401. The molecule has 0 radical (unpaired) electrons. The van der Waals surface area contributed by atoms with Crippen molar-refractivity contribution >= 4 is 33.4 Å². The first-order chi connectivity index (χ1) is 8.31. The van der Waals surface area contributed by atoms with Crippen molar-refractivity contribution in [1.82, 2.24) is 10.6 Å². The number of thiophene rings is 1. The number of carbonyl (C=O) groups excluding carboxylic acids is 1. The molecule has 2 N–H and O–H groups in total. The summed E-state index contributed by atoms with van der Waals surface area (Å²) in [7, 11) is 1.85. The van der Waals surface area contributed by atoms with Crippen LogP contribution < -0.4 is 10.6 Å². The van der Waals surface area contributed by atoms with E-state index in [1.807, 2.05) is 39.3 Å². The molecule has 0 bridgehead atoms. The maximum atomic E-state index is 11.8. The van der Waals surface area contributed by atoms with Gasteiger partial charge in [-0.3, -0.25) is 0 Å². The van der Waals surface area contributed by atoms with Crippen molar-refractivity contribution in [3.63, 3.8) is 0 Å². The lowest BCUT2D eigenvalue weighted by Crippen LogP contribution is -2.38. The van der Waals surface area contributed by atoms with Crippen molar-refractivity contribution in [2.24, 2.45) is 0 Å². The van der Waals surface area contributed by atoms with Crippen LogP contribution in [0.4, 0.5) is 4.79 Å². The second-order valence-corrected chi connectivity index (χ2v) is 6.78. The first kappa shape index (κ1) is 15.5. The lowest BCUT2D eigenvalue weighted by atomic mass is 10.2. The molecule has 1 rings (SSSR count). The average molecular weight is 335 g/mol. The molecule has 18 heavy (non-hydrogen) atoms. The molecule has 0 fully saturated rings. The number of hydrogen-bond donors (Lipinski definition) is 2. The summed E-state index contributed by atoms with van der Waals surface area (Å²) in [6.07, 6.45) is -0.396. The normalized spacial score (nSPS) is 13.2. The summed E-state index contributed by atoms with van der Waals surface area (Å²) in [5, 5.41) is 7.93. The molecule has 1 heterocycles. The molecule has 0 aliphatic heterocycles. The molecule has 0 aliphatic rings. The van der Waals surface area contributed by atoms with Gasteiger partial charge in [0.05, 0.1) is 6.04 Å². The van der Waals surface area contributed by atoms with E-state index in [2.05, 4.69) is 26.6 Å². The number of rotatable bonds is 4. The molecule has 4 nitrogen and oxygen atoms in total. The van der Waals surface area contributed by atoms with E-state index in [9.17, 15) is 4.79 Å². The quantitative estimate of drug-likeness (QED) is 0.888. The summed E-state index contributed by atoms with van der Waals surface area (Å²) in [6.45, 7) is 6.20. The summed E-state index contributed by atoms with van der Waals surface area (Å²) in [5.74, 6) is 0. The fraction of sp³-hybridized carbons (Fsp3) is 0.583. The maximum Gasteiger partial charge on any atom is 0.408 e. The third-order valence-electron chi connectivity index (χ3n) is 2.03. The van der Waals surface area contributed by atoms with E-state index < -0.39 is 11.7 Å². The molecule has 1 aromatic heterocycles. The summed E-state index contributed by atoms with van der Waals surface area (Å²) in [5.41, 5.74) is -0.482. The minimum Gasteiger partial charge on any atom is -0.444 e. The van der Waals surface area contributed by atoms with Gasteiger partial charge in [0.15, 0.2) is 0 Å². The SMILES string of the molecule is CNCC(NC(=O)OC(C)(C)C)c1cc(Br)cs1. The van der Waals surface area contributed by atoms with Crippen molar-refractivity contribution < 1.29 is 9.53 Å². The van der Waals surface area contributed by atoms with E-state index in [-0.39, 0.29) is 6.04 Å². The van der Waals surface area contributed by atoms with E-state index in [1.54, 1.807) is 11.3 Å². The van der Waals surface area contributed by atoms with Crippen molar-refractivity contribution in [3.8, 4) is 0 Å². The van der Waals surface area contributed by atoms with Crippen LogP contribution in [0.2, 0.25) is 0 Å². The molecule has 1 amide bonds. The monoisotopic (exact) mass is 334 g/mol. The van der Waals surface area contributed by atoms with Gasteiger partial charge in [0.2, 0.25) is 0 Å². The fourth-order valence-electron chi connectivity index (χ4n) is 1.39. The molecule has 6 heteroatoms. The van der Waals surface area contributed by atoms with Crippen LogP contribution >= 0.6 is 27.3 Å². The van der Waals surface area contributed by atoms with Gasteiger partial charge in [0, 0.05) is 21.3 Å². The number of ether oxygens (including phenoxy) is 1. The van der Waals surface area contributed by atoms with Crippen LogP contribution in [0.3, 0.4) is 0 Å². The van der Waals surface area contributed by atoms with Crippen LogP contribution in [0.15, 0.2) is 15.9 Å². The molecular formula is C12H19BrN2O2S. The second kappa shape index (κ2) is 6.54. The smallest absolute Gasteiger partial charge is 0.408 e. The summed E-state index contributed by atoms with van der Waals surface area (Å²) < 4.78 is 6.28. The number of carbonyl (C=O) groups is 1. The van der Waals surface area contributed by atoms with Crippen LogP contribution in [0.5, 0.6) is 0 Å². The number of hydrogen-bond acceptors (Lipinski definition) is 4. The predicted molar refractivity (Wildman–Crippen MR) is 78.1 cm³/mol. The molecule has 1 unspecified atom stereocenters. The topological polar surface area (TPSA) is 50.4 Å². The van der Waals surface area contributed by atoms with Crippen molar-refractivity contribution in [2.45, 2.75) is 32.4 Å². The zero-order chi connectivity index (χ0) is 13.8. The van der Waals surface area contributed by atoms with Gasteiger partial charge in [-0.1, -0.05) is 0 Å². The van der Waals surface area contributed by atoms with E-state index in [1.165, 1.54) is 0 Å². The largest absolute Gasteiger partial charge is 0.444 e. The second-order valence-electron chi connectivity index (χ2n) is 4.92. The Morgan fingerprint density at radius 3 is 2.67 bits per heavy atom. The van der Waals surface area contributed by atoms with E-state index in [4.69, 9.17) is 4.74 Å². The van der Waals surface area contributed by atoms with Gasteiger partial charge in [-0.25, -0.2) is 4.79 Å². The van der Waals surface area contributed by atoms with Crippen LogP contribution in [0, 0.1) is 0 Å². The van der Waals surface area contributed by atoms with Crippen LogP contribution in [0.25, 0.3) is 0 Å². The molecule has 0 saturated carbocycles. The summed E-state index contributed by atoms with van der Waals surface area (Å²) in [6, 6.07) is 1.92. The molecular weight excluding hydrogens is 316 g/mol. The van der Waals surface area contributed by atoms with Crippen LogP contribution in [-0.4, -0.2) is 25.3 Å². The highest BCUT2D eigenvalue weighted by Crippen LogP contribution is 2.25. The van der Waals surface area contributed by atoms with Gasteiger partial charge >= 0.3 is 6.09 Å². The van der Waals surface area contributed by atoms with Gasteiger partial charge in [-0.15, -0.1) is 11.3 Å². The standard InChI is InChI=1S/C12H19BrN2O2S/c1-12(2,3)17-11(16)15-9(6-14-4)10-5-8(13)7-18-10/h5,7,9,14H,6H2,1-4H3,(H,15,16). The Morgan fingerprint density at radius 1 is 1.56 bits per heavy atom. The van der Waals surface area contributed by atoms with Crippen molar-refractivity contribution in [1.29, 1.82) is 0 Å². The third-order valence-corrected chi connectivity index (χ3v) is 3.84. The Morgan fingerprint density at radius 2 is 2.22 bits per heavy atom. The minimum absolute atomic E-state index is 0.0823. The molecule has 1 aromatic rings. The fourth-order valence-corrected chi connectivity index (χ4v) is 2.88. The Hall–Kier alpha value is -0.590. The molecule has 102 valence electrons. The Balaban J connectivity index is 2.66. The molecule has 0 aromatic carbocycles. The van der Waals surface area contributed by atoms with Crippen LogP contribution in [0.1, 0.15) is 31.7 Å². The van der Waals surface area contributed by atoms with E-state index >= 15 is 0 Å². The lowest BCUT2D eigenvalue weighted by Gasteiger charge is -2.23. The number of halogens is 1. The maximum absolute atomic E-state index is 11.8. The number of likely N-dealkylation sites (N-methyl/N-ethyl adjacent to an activating group) is 1. The third kappa shape index (κ3) is 5.37. The van der Waals surface area contributed by atoms with Gasteiger partial charge < -0.3 is 15.4 Å². The first-order valence-corrected chi connectivity index (χ1v) is 7.37. The first-order valence-electron chi connectivity index (χ1n) is 5.70. The van der Waals surface area contributed by atoms with Crippen LogP contribution in [-0.2, 0) is 4.74 Å². The van der Waals surface area contributed by atoms with Gasteiger partial charge in [-0.2, -0.15) is 0 Å². The highest BCUT2D eigenvalue weighted by Gasteiger charge is 2.21.